The van der Waals surface area contributed by atoms with Crippen LogP contribution < -0.4 is 4.43 Å². The maximum atomic E-state index is 11.4. The van der Waals surface area contributed by atoms with Gasteiger partial charge in [-0.2, -0.15) is 0 Å². The van der Waals surface area contributed by atoms with Crippen LogP contribution in [0, 0.1) is 0 Å². The van der Waals surface area contributed by atoms with E-state index in [1.165, 1.54) is 18.4 Å². The third-order valence-corrected chi connectivity index (χ3v) is 15.0. The third kappa shape index (κ3) is 5.37. The van der Waals surface area contributed by atoms with Crippen molar-refractivity contribution in [2.24, 2.45) is 0 Å². The smallest absolute Gasteiger partial charge is 0.258 e. The van der Waals surface area contributed by atoms with Crippen LogP contribution >= 0.6 is 0 Å². The highest BCUT2D eigenvalue weighted by molar-refractivity contribution is 6.78. The highest BCUT2D eigenvalue weighted by Gasteiger charge is 2.47. The number of aliphatic hydroxyl groups is 1. The van der Waals surface area contributed by atoms with Crippen LogP contribution in [0.3, 0.4) is 0 Å². The van der Waals surface area contributed by atoms with Gasteiger partial charge >= 0.3 is 0 Å². The summed E-state index contributed by atoms with van der Waals surface area (Å²) in [5.74, 6) is 0.954. The summed E-state index contributed by atoms with van der Waals surface area (Å²) in [4.78, 5) is 2.62. The SMILES string of the molecule is CC(C(O)c1ccc(O[Si](C(C)C)(C(C)C)C(C)C)cc1)N1C2CCC1CC(=Cc1ccccc1)C2. The first-order valence-corrected chi connectivity index (χ1v) is 16.3. The summed E-state index contributed by atoms with van der Waals surface area (Å²) >= 11 is 0. The van der Waals surface area contributed by atoms with E-state index in [2.05, 4.69) is 114 Å². The molecule has 1 N–H and O–H groups in total. The van der Waals surface area contributed by atoms with Gasteiger partial charge in [0.25, 0.3) is 8.32 Å². The van der Waals surface area contributed by atoms with Gasteiger partial charge in [-0.25, -0.2) is 0 Å². The molecule has 0 saturated carbocycles. The first kappa shape index (κ1) is 27.2. The molecule has 4 unspecified atom stereocenters. The molecule has 0 radical (unpaired) electrons. The number of hydrogen-bond donors (Lipinski definition) is 1. The number of aliphatic hydroxyl groups excluding tert-OH is 1. The monoisotopic (exact) mass is 505 g/mol. The van der Waals surface area contributed by atoms with Crippen LogP contribution in [-0.4, -0.2) is 36.4 Å². The lowest BCUT2D eigenvalue weighted by atomic mass is 9.91. The van der Waals surface area contributed by atoms with Crippen molar-refractivity contribution in [3.8, 4) is 5.75 Å². The number of nitrogens with zero attached hydrogens (tertiary/aromatic N) is 1. The minimum absolute atomic E-state index is 0.100. The maximum absolute atomic E-state index is 11.4. The summed E-state index contributed by atoms with van der Waals surface area (Å²) in [5.41, 5.74) is 5.47. The van der Waals surface area contributed by atoms with Crippen LogP contribution in [0.1, 0.15) is 91.4 Å². The second-order valence-electron chi connectivity index (χ2n) is 12.1. The number of rotatable bonds is 9. The van der Waals surface area contributed by atoms with Crippen molar-refractivity contribution in [3.63, 3.8) is 0 Å². The molecule has 2 bridgehead atoms. The third-order valence-electron chi connectivity index (χ3n) is 8.99. The van der Waals surface area contributed by atoms with Gasteiger partial charge in [-0.15, -0.1) is 0 Å². The van der Waals surface area contributed by atoms with Crippen LogP contribution in [-0.2, 0) is 0 Å². The Kier molecular flexibility index (Phi) is 8.48. The molecule has 2 aromatic rings. The first-order valence-electron chi connectivity index (χ1n) is 14.1. The Morgan fingerprint density at radius 3 is 1.83 bits per heavy atom. The van der Waals surface area contributed by atoms with E-state index in [-0.39, 0.29) is 6.04 Å². The van der Waals surface area contributed by atoms with Crippen molar-refractivity contribution in [2.45, 2.75) is 115 Å². The lowest BCUT2D eigenvalue weighted by Gasteiger charge is -2.43. The van der Waals surface area contributed by atoms with E-state index < -0.39 is 14.4 Å². The summed E-state index contributed by atoms with van der Waals surface area (Å²) in [6.07, 6.45) is 6.57. The zero-order chi connectivity index (χ0) is 26.0. The van der Waals surface area contributed by atoms with E-state index >= 15 is 0 Å². The molecule has 2 aromatic carbocycles. The quantitative estimate of drug-likeness (QED) is 0.347. The maximum Gasteiger partial charge on any atom is 0.258 e. The van der Waals surface area contributed by atoms with Gasteiger partial charge in [0.15, 0.2) is 0 Å². The minimum atomic E-state index is -1.98. The summed E-state index contributed by atoms with van der Waals surface area (Å²) < 4.78 is 6.84. The molecule has 2 saturated heterocycles. The fourth-order valence-corrected chi connectivity index (χ4v) is 12.6. The molecule has 2 aliphatic heterocycles. The first-order chi connectivity index (χ1) is 17.1. The average Bonchev–Trinajstić information content (AvgIpc) is 3.12. The van der Waals surface area contributed by atoms with E-state index in [1.807, 2.05) is 0 Å². The molecule has 196 valence electrons. The van der Waals surface area contributed by atoms with Crippen LogP contribution in [0.5, 0.6) is 5.75 Å². The summed E-state index contributed by atoms with van der Waals surface area (Å²) in [5, 5.41) is 11.4. The van der Waals surface area contributed by atoms with E-state index in [9.17, 15) is 5.11 Å². The molecule has 4 atom stereocenters. The van der Waals surface area contributed by atoms with Gasteiger partial charge in [0.1, 0.15) is 5.75 Å². The fourth-order valence-electron chi connectivity index (χ4n) is 7.38. The van der Waals surface area contributed by atoms with Crippen molar-refractivity contribution in [2.75, 3.05) is 0 Å². The van der Waals surface area contributed by atoms with Gasteiger partial charge in [-0.1, -0.05) is 95.7 Å². The van der Waals surface area contributed by atoms with Gasteiger partial charge in [0.05, 0.1) is 6.10 Å². The lowest BCUT2D eigenvalue weighted by molar-refractivity contribution is 0.0195. The molecular formula is C32H47NO2Si. The molecule has 3 nitrogen and oxygen atoms in total. The van der Waals surface area contributed by atoms with Gasteiger partial charge in [0.2, 0.25) is 0 Å². The van der Waals surface area contributed by atoms with Gasteiger partial charge in [0, 0.05) is 18.1 Å². The molecule has 4 heteroatoms. The van der Waals surface area contributed by atoms with Crippen LogP contribution in [0.2, 0.25) is 16.6 Å². The molecule has 2 aliphatic rings. The van der Waals surface area contributed by atoms with Crippen molar-refractivity contribution in [1.82, 2.24) is 4.90 Å². The number of piperidine rings is 1. The van der Waals surface area contributed by atoms with Crippen LogP contribution in [0.4, 0.5) is 0 Å². The standard InChI is InChI=1S/C32H47NO2Si/c1-22(2)36(23(3)4,24(5)6)35-31-17-13-28(14-18-31)32(34)25(7)33-29-15-16-30(33)21-27(20-29)19-26-11-9-8-10-12-26/h8-14,17-19,22-25,29-30,32,34H,15-16,20-21H2,1-7H3. The Bertz CT molecular complexity index is 976. The Morgan fingerprint density at radius 1 is 0.806 bits per heavy atom. The zero-order valence-corrected chi connectivity index (χ0v) is 24.4. The normalized spacial score (nSPS) is 22.4. The van der Waals surface area contributed by atoms with Gasteiger partial charge in [-0.05, 0) is 72.5 Å². The lowest BCUT2D eigenvalue weighted by Crippen LogP contribution is -2.50. The van der Waals surface area contributed by atoms with Crippen molar-refractivity contribution >= 4 is 14.4 Å². The molecule has 0 spiro atoms. The van der Waals surface area contributed by atoms with Crippen molar-refractivity contribution in [3.05, 3.63) is 71.3 Å². The molecular weight excluding hydrogens is 458 g/mol. The predicted molar refractivity (Wildman–Crippen MR) is 155 cm³/mol. The highest BCUT2D eigenvalue weighted by Crippen LogP contribution is 2.44. The molecule has 0 aliphatic carbocycles. The second-order valence-corrected chi connectivity index (χ2v) is 17.5. The molecule has 4 rings (SSSR count). The van der Waals surface area contributed by atoms with Crippen molar-refractivity contribution < 1.29 is 9.53 Å². The van der Waals surface area contributed by atoms with Crippen molar-refractivity contribution in [1.29, 1.82) is 0 Å². The average molecular weight is 506 g/mol. The molecule has 2 heterocycles. The number of benzene rings is 2. The van der Waals surface area contributed by atoms with E-state index in [0.717, 1.165) is 24.2 Å². The minimum Gasteiger partial charge on any atom is -0.543 e. The van der Waals surface area contributed by atoms with E-state index in [4.69, 9.17) is 4.43 Å². The number of fused-ring (bicyclic) bond motifs is 2. The van der Waals surface area contributed by atoms with Gasteiger partial charge in [-0.3, -0.25) is 4.90 Å². The summed E-state index contributed by atoms with van der Waals surface area (Å²) in [6, 6.07) is 20.2. The number of hydrogen-bond acceptors (Lipinski definition) is 3. The fraction of sp³-hybridized carbons (Fsp3) is 0.562. The Hall–Kier alpha value is -1.88. The molecule has 0 aromatic heterocycles. The Labute approximate surface area is 220 Å². The van der Waals surface area contributed by atoms with E-state index in [0.29, 0.717) is 28.7 Å². The molecule has 36 heavy (non-hydrogen) atoms. The molecule has 0 amide bonds. The predicted octanol–water partition coefficient (Wildman–Crippen LogP) is 8.37. The summed E-state index contributed by atoms with van der Waals surface area (Å²) in [6.45, 7) is 16.1. The highest BCUT2D eigenvalue weighted by atomic mass is 28.4. The van der Waals surface area contributed by atoms with Crippen LogP contribution in [0.15, 0.2) is 60.2 Å². The van der Waals surface area contributed by atoms with Crippen LogP contribution in [0.25, 0.3) is 6.08 Å². The second kappa shape index (κ2) is 11.2. The topological polar surface area (TPSA) is 32.7 Å². The van der Waals surface area contributed by atoms with Gasteiger partial charge < -0.3 is 9.53 Å². The van der Waals surface area contributed by atoms with E-state index in [1.54, 1.807) is 5.57 Å². The summed E-state index contributed by atoms with van der Waals surface area (Å²) in [7, 11) is -1.98. The zero-order valence-electron chi connectivity index (χ0n) is 23.4. The Balaban J connectivity index is 1.45. The molecule has 2 fully saturated rings. The largest absolute Gasteiger partial charge is 0.543 e. The Morgan fingerprint density at radius 2 is 1.33 bits per heavy atom.